The van der Waals surface area contributed by atoms with Gasteiger partial charge < -0.3 is 4.90 Å². The minimum absolute atomic E-state index is 0.377. The van der Waals surface area contributed by atoms with Crippen molar-refractivity contribution in [3.8, 4) is 0 Å². The molecule has 0 N–H and O–H groups in total. The van der Waals surface area contributed by atoms with Crippen molar-refractivity contribution < 1.29 is 0 Å². The molecule has 1 atom stereocenters. The molecule has 0 spiro atoms. The van der Waals surface area contributed by atoms with E-state index in [0.717, 1.165) is 13.0 Å². The number of rotatable bonds is 5. The molecule has 0 radical (unpaired) electrons. The Morgan fingerprint density at radius 1 is 1.14 bits per heavy atom. The summed E-state index contributed by atoms with van der Waals surface area (Å²) in [6.07, 6.45) is 4.94. The number of nitrogens with zero attached hydrogens (tertiary/aromatic N) is 2. The zero-order valence-corrected chi connectivity index (χ0v) is 14.2. The van der Waals surface area contributed by atoms with Crippen LogP contribution in [0.4, 0.5) is 0 Å². The second kappa shape index (κ2) is 6.59. The Labute approximate surface area is 136 Å². The van der Waals surface area contributed by atoms with Crippen molar-refractivity contribution in [2.75, 3.05) is 20.6 Å². The van der Waals surface area contributed by atoms with Crippen LogP contribution in [0.15, 0.2) is 48.8 Å². The van der Waals surface area contributed by atoms with Crippen molar-refractivity contribution >= 4 is 21.4 Å². The van der Waals surface area contributed by atoms with E-state index in [1.807, 2.05) is 29.8 Å². The van der Waals surface area contributed by atoms with Gasteiger partial charge in [0.25, 0.3) is 0 Å². The second-order valence-electron chi connectivity index (χ2n) is 6.00. The minimum atomic E-state index is 0.377. The Morgan fingerprint density at radius 2 is 1.95 bits per heavy atom. The highest BCUT2D eigenvalue weighted by Crippen LogP contribution is 2.39. The number of fused-ring (bicyclic) bond motifs is 1. The molecule has 0 aliphatic rings. The lowest BCUT2D eigenvalue weighted by atomic mass is 9.91. The lowest BCUT2D eigenvalue weighted by Gasteiger charge is -2.15. The first-order valence-electron chi connectivity index (χ1n) is 7.71. The van der Waals surface area contributed by atoms with Crippen LogP contribution < -0.4 is 0 Å². The van der Waals surface area contributed by atoms with Crippen LogP contribution in [0.2, 0.25) is 0 Å². The average Bonchev–Trinajstić information content (AvgIpc) is 2.91. The first kappa shape index (κ1) is 15.2. The fourth-order valence-electron chi connectivity index (χ4n) is 2.90. The summed E-state index contributed by atoms with van der Waals surface area (Å²) in [6.45, 7) is 3.38. The molecule has 3 heteroatoms. The predicted octanol–water partition coefficient (Wildman–Crippen LogP) is 4.55. The van der Waals surface area contributed by atoms with Crippen LogP contribution in [0.5, 0.6) is 0 Å². The van der Waals surface area contributed by atoms with E-state index in [-0.39, 0.29) is 0 Å². The molecule has 3 rings (SSSR count). The van der Waals surface area contributed by atoms with Crippen LogP contribution in [-0.4, -0.2) is 30.5 Å². The summed E-state index contributed by atoms with van der Waals surface area (Å²) in [7, 11) is 4.27. The summed E-state index contributed by atoms with van der Waals surface area (Å²) < 4.78 is 1.39. The lowest BCUT2D eigenvalue weighted by Crippen LogP contribution is -2.15. The molecule has 0 bridgehead atoms. The highest BCUT2D eigenvalue weighted by atomic mass is 32.1. The summed E-state index contributed by atoms with van der Waals surface area (Å²) in [5, 5.41) is 1.40. The molecule has 0 amide bonds. The Balaban J connectivity index is 2.07. The van der Waals surface area contributed by atoms with Gasteiger partial charge in [-0.25, -0.2) is 0 Å². The average molecular weight is 310 g/mol. The van der Waals surface area contributed by atoms with Gasteiger partial charge in [-0.2, -0.15) is 0 Å². The number of aromatic nitrogens is 1. The Kier molecular flexibility index (Phi) is 4.55. The standard InChI is InChI=1S/C19H22N2S/c1-14(15-7-6-11-20-13-15)19-16-8-4-5-9-17(16)22-18(19)10-12-21(2)3/h4-9,11,13-14H,10,12H2,1-3H3/t14-/m0/s1. The summed E-state index contributed by atoms with van der Waals surface area (Å²) in [5.74, 6) is 0.377. The molecule has 0 fully saturated rings. The monoisotopic (exact) mass is 310 g/mol. The van der Waals surface area contributed by atoms with E-state index in [1.165, 1.54) is 26.1 Å². The third kappa shape index (κ3) is 3.06. The van der Waals surface area contributed by atoms with Crippen molar-refractivity contribution in [1.29, 1.82) is 0 Å². The molecule has 0 saturated heterocycles. The number of thiophene rings is 1. The lowest BCUT2D eigenvalue weighted by molar-refractivity contribution is 0.414. The van der Waals surface area contributed by atoms with Gasteiger partial charge in [0.05, 0.1) is 0 Å². The zero-order valence-electron chi connectivity index (χ0n) is 13.4. The summed E-state index contributed by atoms with van der Waals surface area (Å²) in [4.78, 5) is 8.05. The highest BCUT2D eigenvalue weighted by molar-refractivity contribution is 7.19. The predicted molar refractivity (Wildman–Crippen MR) is 95.8 cm³/mol. The van der Waals surface area contributed by atoms with Gasteiger partial charge in [0.1, 0.15) is 0 Å². The van der Waals surface area contributed by atoms with E-state index in [0.29, 0.717) is 5.92 Å². The highest BCUT2D eigenvalue weighted by Gasteiger charge is 2.19. The van der Waals surface area contributed by atoms with Crippen molar-refractivity contribution in [3.05, 3.63) is 64.8 Å². The molecule has 0 aliphatic heterocycles. The molecule has 114 valence electrons. The Bertz CT molecular complexity index is 746. The minimum Gasteiger partial charge on any atom is -0.309 e. The summed E-state index contributed by atoms with van der Waals surface area (Å²) in [5.41, 5.74) is 2.77. The molecule has 0 aliphatic carbocycles. The number of hydrogen-bond donors (Lipinski definition) is 0. The van der Waals surface area contributed by atoms with E-state index < -0.39 is 0 Å². The van der Waals surface area contributed by atoms with Gasteiger partial charge in [0.15, 0.2) is 0 Å². The van der Waals surface area contributed by atoms with Crippen molar-refractivity contribution in [2.24, 2.45) is 0 Å². The SMILES string of the molecule is C[C@@H](c1cccnc1)c1c(CCN(C)C)sc2ccccc12. The van der Waals surface area contributed by atoms with Crippen LogP contribution in [0, 0.1) is 0 Å². The Hall–Kier alpha value is -1.71. The molecular weight excluding hydrogens is 288 g/mol. The van der Waals surface area contributed by atoms with E-state index in [1.54, 1.807) is 0 Å². The Morgan fingerprint density at radius 3 is 2.68 bits per heavy atom. The fourth-order valence-corrected chi connectivity index (χ4v) is 4.19. The number of likely N-dealkylation sites (N-methyl/N-ethyl adjacent to an activating group) is 1. The third-order valence-electron chi connectivity index (χ3n) is 4.11. The van der Waals surface area contributed by atoms with E-state index in [9.17, 15) is 0 Å². The molecule has 2 heterocycles. The van der Waals surface area contributed by atoms with Crippen molar-refractivity contribution in [1.82, 2.24) is 9.88 Å². The van der Waals surface area contributed by atoms with Crippen molar-refractivity contribution in [3.63, 3.8) is 0 Å². The van der Waals surface area contributed by atoms with Crippen LogP contribution >= 0.6 is 11.3 Å². The molecule has 2 aromatic heterocycles. The van der Waals surface area contributed by atoms with Crippen LogP contribution in [-0.2, 0) is 6.42 Å². The zero-order chi connectivity index (χ0) is 15.5. The smallest absolute Gasteiger partial charge is 0.0348 e. The van der Waals surface area contributed by atoms with Gasteiger partial charge in [0.2, 0.25) is 0 Å². The maximum Gasteiger partial charge on any atom is 0.0348 e. The molecule has 22 heavy (non-hydrogen) atoms. The van der Waals surface area contributed by atoms with Gasteiger partial charge in [-0.3, -0.25) is 4.98 Å². The number of pyridine rings is 1. The van der Waals surface area contributed by atoms with Crippen molar-refractivity contribution in [2.45, 2.75) is 19.3 Å². The fraction of sp³-hybridized carbons (Fsp3) is 0.316. The van der Waals surface area contributed by atoms with E-state index in [4.69, 9.17) is 0 Å². The molecular formula is C19H22N2S. The molecule has 3 aromatic rings. The molecule has 0 unspecified atom stereocenters. The van der Waals surface area contributed by atoms with Gasteiger partial charge in [-0.1, -0.05) is 31.2 Å². The normalized spacial score (nSPS) is 12.9. The van der Waals surface area contributed by atoms with E-state index in [2.05, 4.69) is 61.2 Å². The number of benzene rings is 1. The largest absolute Gasteiger partial charge is 0.309 e. The first-order valence-corrected chi connectivity index (χ1v) is 8.53. The third-order valence-corrected chi connectivity index (χ3v) is 5.36. The molecule has 2 nitrogen and oxygen atoms in total. The molecule has 0 saturated carbocycles. The summed E-state index contributed by atoms with van der Waals surface area (Å²) in [6, 6.07) is 13.0. The van der Waals surface area contributed by atoms with Crippen LogP contribution in [0.3, 0.4) is 0 Å². The van der Waals surface area contributed by atoms with Gasteiger partial charge in [-0.05, 0) is 49.2 Å². The van der Waals surface area contributed by atoms with Crippen LogP contribution in [0.25, 0.3) is 10.1 Å². The topological polar surface area (TPSA) is 16.1 Å². The van der Waals surface area contributed by atoms with Crippen LogP contribution in [0.1, 0.15) is 28.8 Å². The van der Waals surface area contributed by atoms with E-state index >= 15 is 0 Å². The second-order valence-corrected chi connectivity index (χ2v) is 7.13. The van der Waals surface area contributed by atoms with Gasteiger partial charge >= 0.3 is 0 Å². The summed E-state index contributed by atoms with van der Waals surface area (Å²) >= 11 is 1.94. The van der Waals surface area contributed by atoms with Gasteiger partial charge in [-0.15, -0.1) is 11.3 Å². The first-order chi connectivity index (χ1) is 10.7. The maximum atomic E-state index is 4.29. The van der Waals surface area contributed by atoms with Gasteiger partial charge in [0, 0.05) is 34.4 Å². The maximum absolute atomic E-state index is 4.29. The quantitative estimate of drug-likeness (QED) is 0.687. The molecule has 1 aromatic carbocycles. The number of hydrogen-bond acceptors (Lipinski definition) is 3.